The molecule has 8 rings (SSSR count). The van der Waals surface area contributed by atoms with E-state index in [9.17, 15) is 4.79 Å². The van der Waals surface area contributed by atoms with Gasteiger partial charge in [0.25, 0.3) is 0 Å². The van der Waals surface area contributed by atoms with E-state index in [2.05, 4.69) is 109 Å². The molecule has 0 spiro atoms. The molecule has 0 radical (unpaired) electrons. The van der Waals surface area contributed by atoms with Crippen LogP contribution in [0.5, 0.6) is 0 Å². The summed E-state index contributed by atoms with van der Waals surface area (Å²) in [4.78, 5) is 13.7. The number of fused-ring (bicyclic) bond motifs is 4. The number of hydrogen-bond donors (Lipinski definition) is 0. The van der Waals surface area contributed by atoms with Gasteiger partial charge in [0.1, 0.15) is 11.2 Å². The summed E-state index contributed by atoms with van der Waals surface area (Å²) in [7, 11) is 0. The summed E-state index contributed by atoms with van der Waals surface area (Å²) in [5.74, 6) is 0. The monoisotopic (exact) mass is 522 g/mol. The smallest absolute Gasteiger partial charge is 0.423 e. The molecule has 0 heterocycles. The van der Waals surface area contributed by atoms with Gasteiger partial charge in [0.15, 0.2) is 0 Å². The van der Waals surface area contributed by atoms with Crippen molar-refractivity contribution in [2.24, 2.45) is 0 Å². The molecule has 0 saturated heterocycles. The van der Waals surface area contributed by atoms with Crippen LogP contribution in [0.2, 0.25) is 0 Å². The third-order valence-electron chi connectivity index (χ3n) is 9.35. The molecule has 2 aliphatic rings. The molecule has 0 atom stereocenters. The van der Waals surface area contributed by atoms with Crippen LogP contribution in [0.1, 0.15) is 49.7 Å². The Kier molecular flexibility index (Phi) is 5.19. The maximum atomic E-state index is 13.7. The highest BCUT2D eigenvalue weighted by Gasteiger charge is 2.48. The van der Waals surface area contributed by atoms with E-state index in [0.717, 1.165) is 71.2 Å². The van der Waals surface area contributed by atoms with Gasteiger partial charge in [0.2, 0.25) is 0 Å². The Morgan fingerprint density at radius 3 is 1.23 bits per heavy atom. The van der Waals surface area contributed by atoms with Gasteiger partial charge in [-0.25, -0.2) is 4.79 Å². The fourth-order valence-electron chi connectivity index (χ4n) is 6.92. The molecule has 2 saturated carbocycles. The normalized spacial score (nSPS) is 17.4. The first-order valence-corrected chi connectivity index (χ1v) is 14.4. The van der Waals surface area contributed by atoms with Crippen molar-refractivity contribution >= 4 is 49.2 Å². The number of benzene rings is 6. The summed E-state index contributed by atoms with van der Waals surface area (Å²) in [6.45, 7) is 0. The summed E-state index contributed by atoms with van der Waals surface area (Å²) < 4.78 is 12.7. The minimum atomic E-state index is -0.654. The van der Waals surface area contributed by atoms with E-state index in [1.807, 2.05) is 0 Å². The molecule has 3 nitrogen and oxygen atoms in total. The van der Waals surface area contributed by atoms with E-state index in [0.29, 0.717) is 0 Å². The highest BCUT2D eigenvalue weighted by atomic mass is 16.7. The molecule has 0 unspecified atom stereocenters. The molecule has 2 fully saturated rings. The zero-order valence-electron chi connectivity index (χ0n) is 22.4. The van der Waals surface area contributed by atoms with E-state index < -0.39 is 17.4 Å². The van der Waals surface area contributed by atoms with Crippen LogP contribution in [0.25, 0.3) is 43.1 Å². The summed E-state index contributed by atoms with van der Waals surface area (Å²) in [5.41, 5.74) is 0.856. The van der Waals surface area contributed by atoms with Crippen LogP contribution in [-0.4, -0.2) is 6.16 Å². The molecule has 196 valence electrons. The van der Waals surface area contributed by atoms with Crippen molar-refractivity contribution in [3.8, 4) is 0 Å². The number of rotatable bonds is 4. The van der Waals surface area contributed by atoms with Gasteiger partial charge < -0.3 is 9.47 Å². The minimum Gasteiger partial charge on any atom is -0.423 e. The largest absolute Gasteiger partial charge is 0.510 e. The fourth-order valence-corrected chi connectivity index (χ4v) is 6.92. The lowest BCUT2D eigenvalue weighted by molar-refractivity contribution is -0.134. The van der Waals surface area contributed by atoms with Crippen LogP contribution in [0, 0.1) is 0 Å². The van der Waals surface area contributed by atoms with E-state index >= 15 is 0 Å². The molecule has 2 aliphatic carbocycles. The van der Waals surface area contributed by atoms with Crippen LogP contribution < -0.4 is 0 Å². The van der Waals surface area contributed by atoms with Crippen molar-refractivity contribution in [3.63, 3.8) is 0 Å². The van der Waals surface area contributed by atoms with Gasteiger partial charge >= 0.3 is 6.16 Å². The summed E-state index contributed by atoms with van der Waals surface area (Å²) in [6, 6.07) is 38.5. The Labute approximate surface area is 233 Å². The summed E-state index contributed by atoms with van der Waals surface area (Å²) in [6.07, 6.45) is 4.72. The van der Waals surface area contributed by atoms with Crippen molar-refractivity contribution in [1.82, 2.24) is 0 Å². The standard InChI is InChI=1S/C37H30O3/c38-35(39-36(17-7-18-36)33-15-5-13-29-21-25-9-1-3-11-27(25)23-31(29)33)40-37(19-8-20-37)34-16-6-14-30-22-26-10-2-4-12-28(26)24-32(30)34/h1-6,9-16,21-24H,7-8,17-20H2. The van der Waals surface area contributed by atoms with Crippen molar-refractivity contribution < 1.29 is 14.3 Å². The molecule has 6 aromatic rings. The number of carbonyl (C=O) groups is 1. The topological polar surface area (TPSA) is 35.5 Å². The van der Waals surface area contributed by atoms with Gasteiger partial charge in [0, 0.05) is 11.1 Å². The molecular formula is C37H30O3. The lowest BCUT2D eigenvalue weighted by Gasteiger charge is -2.45. The quantitative estimate of drug-likeness (QED) is 0.171. The Hall–Kier alpha value is -4.37. The van der Waals surface area contributed by atoms with Gasteiger partial charge in [-0.05, 0) is 106 Å². The van der Waals surface area contributed by atoms with Crippen LogP contribution >= 0.6 is 0 Å². The molecule has 0 amide bonds. The second kappa shape index (κ2) is 8.82. The van der Waals surface area contributed by atoms with Gasteiger partial charge in [-0.3, -0.25) is 0 Å². The van der Waals surface area contributed by atoms with Crippen LogP contribution in [0.3, 0.4) is 0 Å². The average molecular weight is 523 g/mol. The van der Waals surface area contributed by atoms with Crippen LogP contribution in [0.4, 0.5) is 4.79 Å². The summed E-state index contributed by atoms with van der Waals surface area (Å²) in [5, 5.41) is 9.43. The number of ether oxygens (including phenoxy) is 2. The first kappa shape index (κ1) is 23.5. The maximum absolute atomic E-state index is 13.7. The second-order valence-corrected chi connectivity index (χ2v) is 11.6. The predicted octanol–water partition coefficient (Wildman–Crippen LogP) is 9.91. The Morgan fingerprint density at radius 2 is 0.850 bits per heavy atom. The lowest BCUT2D eigenvalue weighted by atomic mass is 9.73. The Bertz CT molecular complexity index is 1800. The molecule has 0 N–H and O–H groups in total. The van der Waals surface area contributed by atoms with Crippen molar-refractivity contribution in [2.75, 3.05) is 0 Å². The van der Waals surface area contributed by atoms with Gasteiger partial charge in [-0.2, -0.15) is 0 Å². The Morgan fingerprint density at radius 1 is 0.475 bits per heavy atom. The number of hydrogen-bond acceptors (Lipinski definition) is 3. The van der Waals surface area contributed by atoms with Crippen molar-refractivity contribution in [2.45, 2.75) is 49.7 Å². The predicted molar refractivity (Wildman–Crippen MR) is 162 cm³/mol. The maximum Gasteiger partial charge on any atom is 0.510 e. The Balaban J connectivity index is 1.15. The van der Waals surface area contributed by atoms with E-state index in [-0.39, 0.29) is 0 Å². The van der Waals surface area contributed by atoms with Gasteiger partial charge in [-0.1, -0.05) is 84.9 Å². The fraction of sp³-hybridized carbons (Fsp3) is 0.216. The zero-order chi connectivity index (χ0) is 26.7. The van der Waals surface area contributed by atoms with Gasteiger partial charge in [0.05, 0.1) is 0 Å². The molecule has 0 aromatic heterocycles. The molecule has 3 heteroatoms. The first-order chi connectivity index (χ1) is 19.6. The molecule has 0 aliphatic heterocycles. The average Bonchev–Trinajstić information content (AvgIpc) is 2.94. The SMILES string of the molecule is O=C(OC1(c2cccc3cc4ccccc4cc23)CCC1)OC1(c2cccc3cc4ccccc4cc23)CCC1. The van der Waals surface area contributed by atoms with E-state index in [4.69, 9.17) is 9.47 Å². The van der Waals surface area contributed by atoms with E-state index in [1.54, 1.807) is 0 Å². The third kappa shape index (κ3) is 3.61. The molecule has 0 bridgehead atoms. The molecule has 6 aromatic carbocycles. The molecule has 40 heavy (non-hydrogen) atoms. The second-order valence-electron chi connectivity index (χ2n) is 11.6. The minimum absolute atomic E-state index is 0.560. The first-order valence-electron chi connectivity index (χ1n) is 14.4. The zero-order valence-corrected chi connectivity index (χ0v) is 22.4. The van der Waals surface area contributed by atoms with Crippen LogP contribution in [-0.2, 0) is 20.7 Å². The highest BCUT2D eigenvalue weighted by molar-refractivity contribution is 6.01. The van der Waals surface area contributed by atoms with E-state index in [1.165, 1.54) is 21.5 Å². The van der Waals surface area contributed by atoms with Crippen LogP contribution in [0.15, 0.2) is 109 Å². The van der Waals surface area contributed by atoms with Gasteiger partial charge in [-0.15, -0.1) is 0 Å². The van der Waals surface area contributed by atoms with Crippen molar-refractivity contribution in [1.29, 1.82) is 0 Å². The van der Waals surface area contributed by atoms with Crippen molar-refractivity contribution in [3.05, 3.63) is 120 Å². The highest BCUT2D eigenvalue weighted by Crippen LogP contribution is 2.51. The number of carbonyl (C=O) groups excluding carboxylic acids is 1. The third-order valence-corrected chi connectivity index (χ3v) is 9.35. The lowest BCUT2D eigenvalue weighted by Crippen LogP contribution is -2.44. The molecular weight excluding hydrogens is 492 g/mol. The summed E-state index contributed by atoms with van der Waals surface area (Å²) >= 11 is 0.